The van der Waals surface area contributed by atoms with Gasteiger partial charge in [0, 0.05) is 20.0 Å². The van der Waals surface area contributed by atoms with Gasteiger partial charge < -0.3 is 15.3 Å². The second-order valence-corrected chi connectivity index (χ2v) is 4.91. The average molecular weight is 284 g/mol. The number of hydrogen-bond donors (Lipinski definition) is 2. The highest BCUT2D eigenvalue weighted by Crippen LogP contribution is 2.12. The molecule has 0 aliphatic rings. The molecule has 19 heavy (non-hydrogen) atoms. The van der Waals surface area contributed by atoms with Crippen molar-refractivity contribution in [1.29, 1.82) is 0 Å². The van der Waals surface area contributed by atoms with E-state index in [1.165, 1.54) is 16.2 Å². The molecule has 0 aliphatic heterocycles. The lowest BCUT2D eigenvalue weighted by molar-refractivity contribution is -0.139. The smallest absolute Gasteiger partial charge is 0.326 e. The van der Waals surface area contributed by atoms with Gasteiger partial charge in [-0.05, 0) is 18.4 Å². The first-order valence-corrected chi connectivity index (χ1v) is 6.64. The van der Waals surface area contributed by atoms with Gasteiger partial charge in [0.25, 0.3) is 0 Å². The number of carboxylic acid groups (broad SMARTS) is 1. The Labute approximate surface area is 115 Å². The summed E-state index contributed by atoms with van der Waals surface area (Å²) in [5, 5.41) is 13.1. The van der Waals surface area contributed by atoms with E-state index in [1.807, 2.05) is 0 Å². The number of rotatable bonds is 6. The summed E-state index contributed by atoms with van der Waals surface area (Å²) in [6.45, 7) is 2.23. The summed E-state index contributed by atoms with van der Waals surface area (Å²) in [6.07, 6.45) is -0.251. The van der Waals surface area contributed by atoms with Crippen LogP contribution in [0.3, 0.4) is 0 Å². The highest BCUT2D eigenvalue weighted by Gasteiger charge is 2.25. The lowest BCUT2D eigenvalue weighted by Crippen LogP contribution is -2.47. The normalized spacial score (nSPS) is 11.7. The molecule has 1 aromatic heterocycles. The van der Waals surface area contributed by atoms with Crippen molar-refractivity contribution in [2.45, 2.75) is 19.4 Å². The number of nitrogens with zero attached hydrogens (tertiary/aromatic N) is 1. The van der Waals surface area contributed by atoms with E-state index in [-0.39, 0.29) is 12.2 Å². The Hall–Kier alpha value is -1.89. The molecule has 6 nitrogen and oxygen atoms in total. The van der Waals surface area contributed by atoms with Crippen molar-refractivity contribution in [2.75, 3.05) is 13.6 Å². The maximum Gasteiger partial charge on any atom is 0.326 e. The quantitative estimate of drug-likeness (QED) is 0.774. The van der Waals surface area contributed by atoms with Crippen molar-refractivity contribution in [3.05, 3.63) is 22.4 Å². The lowest BCUT2D eigenvalue weighted by Gasteiger charge is -2.19. The Balaban J connectivity index is 2.66. The predicted molar refractivity (Wildman–Crippen MR) is 71.5 cm³/mol. The molecule has 0 saturated carbocycles. The molecule has 0 saturated heterocycles. The van der Waals surface area contributed by atoms with Gasteiger partial charge in [0.2, 0.25) is 0 Å². The highest BCUT2D eigenvalue weighted by molar-refractivity contribution is 7.12. The summed E-state index contributed by atoms with van der Waals surface area (Å²) in [7, 11) is 1.55. The summed E-state index contributed by atoms with van der Waals surface area (Å²) in [5.74, 6) is -1.51. The molecular weight excluding hydrogens is 268 g/mol. The maximum absolute atomic E-state index is 11.8. The van der Waals surface area contributed by atoms with Gasteiger partial charge in [0.1, 0.15) is 6.04 Å². The molecule has 1 aromatic rings. The summed E-state index contributed by atoms with van der Waals surface area (Å²) in [5.41, 5.74) is 0. The van der Waals surface area contributed by atoms with Crippen LogP contribution in [-0.2, 0) is 4.79 Å². The van der Waals surface area contributed by atoms with Gasteiger partial charge in [-0.15, -0.1) is 11.3 Å². The number of carbonyl (C=O) groups is 3. The van der Waals surface area contributed by atoms with Crippen LogP contribution in [0.4, 0.5) is 4.79 Å². The van der Waals surface area contributed by atoms with E-state index >= 15 is 0 Å². The number of amides is 2. The van der Waals surface area contributed by atoms with Crippen molar-refractivity contribution < 1.29 is 19.5 Å². The van der Waals surface area contributed by atoms with E-state index in [0.717, 1.165) is 0 Å². The van der Waals surface area contributed by atoms with Crippen LogP contribution in [0.2, 0.25) is 0 Å². The molecular formula is C12H16N2O4S. The molecule has 1 heterocycles. The molecule has 0 aromatic carbocycles. The molecule has 2 amide bonds. The maximum atomic E-state index is 11.8. The number of urea groups is 1. The fourth-order valence-corrected chi connectivity index (χ4v) is 2.00. The van der Waals surface area contributed by atoms with Crippen molar-refractivity contribution in [3.8, 4) is 0 Å². The number of nitrogens with one attached hydrogen (secondary N) is 1. The summed E-state index contributed by atoms with van der Waals surface area (Å²) >= 11 is 1.25. The first kappa shape index (κ1) is 15.2. The third kappa shape index (κ3) is 4.36. The van der Waals surface area contributed by atoms with Gasteiger partial charge in [0.15, 0.2) is 5.78 Å². The van der Waals surface area contributed by atoms with E-state index in [0.29, 0.717) is 11.4 Å². The zero-order valence-corrected chi connectivity index (χ0v) is 11.6. The Morgan fingerprint density at radius 3 is 2.63 bits per heavy atom. The Morgan fingerprint density at radius 2 is 2.16 bits per heavy atom. The number of carbonyl (C=O) groups excluding carboxylic acids is 2. The Bertz CT molecular complexity index is 458. The fraction of sp³-hybridized carbons (Fsp3) is 0.417. The van der Waals surface area contributed by atoms with Crippen molar-refractivity contribution >= 4 is 29.1 Å². The van der Waals surface area contributed by atoms with E-state index in [2.05, 4.69) is 5.32 Å². The molecule has 7 heteroatoms. The van der Waals surface area contributed by atoms with Crippen LogP contribution in [0.1, 0.15) is 23.0 Å². The van der Waals surface area contributed by atoms with E-state index in [9.17, 15) is 14.4 Å². The number of ketones is 1. The first-order valence-electron chi connectivity index (χ1n) is 5.76. The minimum atomic E-state index is -1.22. The van der Waals surface area contributed by atoms with Crippen LogP contribution in [0.5, 0.6) is 0 Å². The minimum absolute atomic E-state index is 0.251. The number of aliphatic carboxylic acids is 1. The molecule has 0 spiro atoms. The predicted octanol–water partition coefficient (Wildman–Crippen LogP) is 1.44. The van der Waals surface area contributed by atoms with Crippen LogP contribution in [0.15, 0.2) is 17.5 Å². The second-order valence-electron chi connectivity index (χ2n) is 3.96. The SMILES string of the molecule is CCN(C)C(=O)NC(CC(=O)c1cccs1)C(=O)O. The number of hydrogen-bond acceptors (Lipinski definition) is 4. The summed E-state index contributed by atoms with van der Waals surface area (Å²) in [6, 6.07) is 1.63. The Kier molecular flexibility index (Phi) is 5.50. The second kappa shape index (κ2) is 6.89. The van der Waals surface area contributed by atoms with Gasteiger partial charge in [0.05, 0.1) is 4.88 Å². The third-order valence-corrected chi connectivity index (χ3v) is 3.51. The van der Waals surface area contributed by atoms with Crippen LogP contribution < -0.4 is 5.32 Å². The van der Waals surface area contributed by atoms with E-state index in [4.69, 9.17) is 5.11 Å². The van der Waals surface area contributed by atoms with E-state index < -0.39 is 18.0 Å². The van der Waals surface area contributed by atoms with Gasteiger partial charge in [-0.25, -0.2) is 9.59 Å². The molecule has 104 valence electrons. The minimum Gasteiger partial charge on any atom is -0.480 e. The lowest BCUT2D eigenvalue weighted by atomic mass is 10.1. The highest BCUT2D eigenvalue weighted by atomic mass is 32.1. The van der Waals surface area contributed by atoms with Gasteiger partial charge in [-0.3, -0.25) is 4.79 Å². The average Bonchev–Trinajstić information content (AvgIpc) is 2.90. The summed E-state index contributed by atoms with van der Waals surface area (Å²) in [4.78, 5) is 36.3. The molecule has 0 aliphatic carbocycles. The topological polar surface area (TPSA) is 86.7 Å². The number of Topliss-reactive ketones (excluding diaryl/α,β-unsaturated/α-hetero) is 1. The largest absolute Gasteiger partial charge is 0.480 e. The molecule has 0 bridgehead atoms. The molecule has 2 N–H and O–H groups in total. The van der Waals surface area contributed by atoms with Crippen molar-refractivity contribution in [3.63, 3.8) is 0 Å². The molecule has 1 unspecified atom stereocenters. The monoisotopic (exact) mass is 284 g/mol. The number of thiophene rings is 1. The fourth-order valence-electron chi connectivity index (χ4n) is 1.33. The molecule has 0 fully saturated rings. The van der Waals surface area contributed by atoms with Crippen molar-refractivity contribution in [1.82, 2.24) is 10.2 Å². The zero-order valence-electron chi connectivity index (χ0n) is 10.8. The molecule has 1 atom stereocenters. The number of carboxylic acids is 1. The zero-order chi connectivity index (χ0) is 14.4. The van der Waals surface area contributed by atoms with Crippen molar-refractivity contribution in [2.24, 2.45) is 0 Å². The first-order chi connectivity index (χ1) is 8.95. The van der Waals surface area contributed by atoms with Gasteiger partial charge in [-0.2, -0.15) is 0 Å². The third-order valence-electron chi connectivity index (χ3n) is 2.60. The standard InChI is InChI=1S/C12H16N2O4S/c1-3-14(2)12(18)13-8(11(16)17)7-9(15)10-5-4-6-19-10/h4-6,8H,3,7H2,1-2H3,(H,13,18)(H,16,17). The molecule has 1 rings (SSSR count). The van der Waals surface area contributed by atoms with Gasteiger partial charge >= 0.3 is 12.0 Å². The van der Waals surface area contributed by atoms with Crippen LogP contribution >= 0.6 is 11.3 Å². The van der Waals surface area contributed by atoms with Crippen LogP contribution in [0.25, 0.3) is 0 Å². The van der Waals surface area contributed by atoms with E-state index in [1.54, 1.807) is 31.5 Å². The molecule has 0 radical (unpaired) electrons. The van der Waals surface area contributed by atoms with Crippen LogP contribution in [0, 0.1) is 0 Å². The Morgan fingerprint density at radius 1 is 1.47 bits per heavy atom. The van der Waals surface area contributed by atoms with Crippen LogP contribution in [-0.4, -0.2) is 47.4 Å². The summed E-state index contributed by atoms with van der Waals surface area (Å²) < 4.78 is 0. The van der Waals surface area contributed by atoms with Gasteiger partial charge in [-0.1, -0.05) is 6.07 Å².